The quantitative estimate of drug-likeness (QED) is 0.606. The maximum Gasteiger partial charge on any atom is 0.573 e. The van der Waals surface area contributed by atoms with Crippen molar-refractivity contribution in [2.45, 2.75) is 23.5 Å². The molecule has 2 aliphatic heterocycles. The van der Waals surface area contributed by atoms with Crippen molar-refractivity contribution in [2.75, 3.05) is 44.7 Å². The number of ether oxygens (including phenoxy) is 3. The number of nitrogens with zero attached hydrogens (tertiary/aromatic N) is 2. The summed E-state index contributed by atoms with van der Waals surface area (Å²) in [5, 5.41) is 2.58. The highest BCUT2D eigenvalue weighted by Crippen LogP contribution is 2.29. The molecule has 2 aromatic carbocycles. The Balaban J connectivity index is 1.46. The highest BCUT2D eigenvalue weighted by atomic mass is 32.2. The van der Waals surface area contributed by atoms with Gasteiger partial charge in [0.05, 0.1) is 26.3 Å². The van der Waals surface area contributed by atoms with Gasteiger partial charge in [0.1, 0.15) is 16.5 Å². The number of hydrogen-bond donors (Lipinski definition) is 1. The average molecular weight is 534 g/mol. The topological polar surface area (TPSA) is 97.4 Å². The second-order valence-corrected chi connectivity index (χ2v) is 10.1. The van der Waals surface area contributed by atoms with Crippen molar-refractivity contribution in [3.05, 3.63) is 54.3 Å². The number of carbonyl (C=O) groups is 1. The minimum absolute atomic E-state index is 0.0275. The van der Waals surface area contributed by atoms with Crippen molar-refractivity contribution in [3.63, 3.8) is 0 Å². The van der Waals surface area contributed by atoms with E-state index in [1.165, 1.54) is 35.2 Å². The zero-order valence-corrected chi connectivity index (χ0v) is 19.6. The van der Waals surface area contributed by atoms with E-state index < -0.39 is 44.7 Å². The first-order valence-corrected chi connectivity index (χ1v) is 12.4. The van der Waals surface area contributed by atoms with Crippen LogP contribution in [-0.4, -0.2) is 75.2 Å². The summed E-state index contributed by atoms with van der Waals surface area (Å²) in [5.74, 6) is -2.80. The lowest BCUT2D eigenvalue weighted by Crippen LogP contribution is -2.59. The first-order chi connectivity index (χ1) is 17.0. The molecule has 2 fully saturated rings. The van der Waals surface area contributed by atoms with Gasteiger partial charge in [0.2, 0.25) is 10.0 Å². The van der Waals surface area contributed by atoms with Crippen molar-refractivity contribution in [2.24, 2.45) is 0 Å². The van der Waals surface area contributed by atoms with Gasteiger partial charge in [-0.25, -0.2) is 17.6 Å². The molecular formula is C22H23F4N3O6S. The van der Waals surface area contributed by atoms with E-state index in [0.29, 0.717) is 6.42 Å². The van der Waals surface area contributed by atoms with Crippen LogP contribution in [0, 0.1) is 5.82 Å². The number of nitrogens with one attached hydrogen (secondary N) is 1. The van der Waals surface area contributed by atoms with Gasteiger partial charge in [-0.15, -0.1) is 13.2 Å². The largest absolute Gasteiger partial charge is 0.573 e. The molecule has 2 aromatic rings. The highest BCUT2D eigenvalue weighted by molar-refractivity contribution is 7.89. The molecule has 0 aromatic heterocycles. The van der Waals surface area contributed by atoms with Gasteiger partial charge in [0, 0.05) is 18.8 Å². The fourth-order valence-corrected chi connectivity index (χ4v) is 5.48. The van der Waals surface area contributed by atoms with Crippen LogP contribution in [0.25, 0.3) is 0 Å². The number of morpholine rings is 1. The summed E-state index contributed by atoms with van der Waals surface area (Å²) in [4.78, 5) is 13.8. The lowest BCUT2D eigenvalue weighted by atomic mass is 10.2. The molecular weight excluding hydrogens is 510 g/mol. The van der Waals surface area contributed by atoms with Crippen molar-refractivity contribution in [3.8, 4) is 5.75 Å². The van der Waals surface area contributed by atoms with Gasteiger partial charge >= 0.3 is 12.4 Å². The Kier molecular flexibility index (Phi) is 7.41. The molecule has 1 N–H and O–H groups in total. The monoisotopic (exact) mass is 533 g/mol. The normalized spacial score (nSPS) is 21.7. The Labute approximate surface area is 204 Å². The van der Waals surface area contributed by atoms with Crippen LogP contribution in [0.1, 0.15) is 6.42 Å². The lowest BCUT2D eigenvalue weighted by Gasteiger charge is -2.42. The molecule has 1 atom stereocenters. The summed E-state index contributed by atoms with van der Waals surface area (Å²) < 4.78 is 94.0. The lowest BCUT2D eigenvalue weighted by molar-refractivity contribution is -0.274. The summed E-state index contributed by atoms with van der Waals surface area (Å²) in [6.45, 7) is -0.0223. The molecule has 4 rings (SSSR count). The van der Waals surface area contributed by atoms with Crippen molar-refractivity contribution in [1.29, 1.82) is 0 Å². The minimum atomic E-state index is -4.83. The van der Waals surface area contributed by atoms with Crippen LogP contribution in [0.5, 0.6) is 5.75 Å². The van der Waals surface area contributed by atoms with Crippen LogP contribution >= 0.6 is 0 Å². The maximum atomic E-state index is 14.2. The average Bonchev–Trinajstić information content (AvgIpc) is 3.02. The maximum absolute atomic E-state index is 14.2. The molecule has 2 amide bonds. The van der Waals surface area contributed by atoms with Gasteiger partial charge in [-0.05, 0) is 42.8 Å². The minimum Gasteiger partial charge on any atom is -0.406 e. The Morgan fingerprint density at radius 2 is 1.69 bits per heavy atom. The molecule has 9 nitrogen and oxygen atoms in total. The van der Waals surface area contributed by atoms with E-state index in [0.717, 1.165) is 22.5 Å². The predicted molar refractivity (Wildman–Crippen MR) is 118 cm³/mol. The first-order valence-electron chi connectivity index (χ1n) is 10.9. The number of carbonyl (C=O) groups excluding carboxylic acids is 1. The van der Waals surface area contributed by atoms with E-state index in [2.05, 4.69) is 10.1 Å². The number of halogens is 4. The fraction of sp³-hybridized carbons (Fsp3) is 0.409. The van der Waals surface area contributed by atoms with E-state index in [4.69, 9.17) is 9.47 Å². The third kappa shape index (κ3) is 6.06. The van der Waals surface area contributed by atoms with E-state index in [-0.39, 0.29) is 45.1 Å². The molecule has 2 heterocycles. The molecule has 1 unspecified atom stereocenters. The number of sulfonamides is 1. The second kappa shape index (κ2) is 10.2. The van der Waals surface area contributed by atoms with E-state index in [1.807, 2.05) is 0 Å². The summed E-state index contributed by atoms with van der Waals surface area (Å²) in [7, 11) is -4.20. The molecule has 36 heavy (non-hydrogen) atoms. The zero-order chi connectivity index (χ0) is 26.0. The molecule has 1 spiro atoms. The van der Waals surface area contributed by atoms with Crippen LogP contribution in [0.4, 0.5) is 28.0 Å². The Morgan fingerprint density at radius 1 is 1.00 bits per heavy atom. The number of amides is 2. The Bertz CT molecular complexity index is 1200. The number of rotatable bonds is 4. The summed E-state index contributed by atoms with van der Waals surface area (Å²) in [5.41, 5.74) is 0.224. The van der Waals surface area contributed by atoms with Crippen LogP contribution in [0.15, 0.2) is 53.4 Å². The van der Waals surface area contributed by atoms with E-state index >= 15 is 0 Å². The van der Waals surface area contributed by atoms with Crippen molar-refractivity contribution in [1.82, 2.24) is 9.21 Å². The van der Waals surface area contributed by atoms with Crippen molar-refractivity contribution >= 4 is 21.7 Å². The summed E-state index contributed by atoms with van der Waals surface area (Å²) in [6, 6.07) is 9.08. The Morgan fingerprint density at radius 3 is 2.39 bits per heavy atom. The van der Waals surface area contributed by atoms with E-state index in [9.17, 15) is 30.8 Å². The second-order valence-electron chi connectivity index (χ2n) is 8.15. The molecule has 0 radical (unpaired) electrons. The van der Waals surface area contributed by atoms with Gasteiger partial charge in [-0.1, -0.05) is 12.1 Å². The molecule has 0 saturated carbocycles. The van der Waals surface area contributed by atoms with Crippen LogP contribution in [0.2, 0.25) is 0 Å². The van der Waals surface area contributed by atoms with Crippen LogP contribution in [0.3, 0.4) is 0 Å². The fourth-order valence-electron chi connectivity index (χ4n) is 3.95. The van der Waals surface area contributed by atoms with Gasteiger partial charge in [0.15, 0.2) is 5.79 Å². The first kappa shape index (κ1) is 26.1. The summed E-state index contributed by atoms with van der Waals surface area (Å²) >= 11 is 0. The van der Waals surface area contributed by atoms with Crippen LogP contribution < -0.4 is 10.1 Å². The predicted octanol–water partition coefficient (Wildman–Crippen LogP) is 3.40. The number of benzene rings is 2. The standard InChI is InChI=1S/C22H23F4N3O6S/c23-18-4-1-2-5-19(18)36(31,32)29-11-13-34-21(15-29)14-28(10-3-12-33-21)20(30)27-16-6-8-17(9-7-16)35-22(24,25)26/h1-2,4-9H,3,10-15H2,(H,27,30). The molecule has 0 aliphatic carbocycles. The van der Waals surface area contributed by atoms with Gasteiger partial charge in [-0.3, -0.25) is 0 Å². The third-order valence-electron chi connectivity index (χ3n) is 5.57. The summed E-state index contributed by atoms with van der Waals surface area (Å²) in [6.07, 6.45) is -4.41. The van der Waals surface area contributed by atoms with E-state index in [1.54, 1.807) is 0 Å². The number of anilines is 1. The smallest absolute Gasteiger partial charge is 0.406 e. The van der Waals surface area contributed by atoms with Gasteiger partial charge < -0.3 is 24.4 Å². The molecule has 2 aliphatic rings. The molecule has 196 valence electrons. The third-order valence-corrected chi connectivity index (χ3v) is 7.45. The van der Waals surface area contributed by atoms with Gasteiger partial charge in [0.25, 0.3) is 0 Å². The van der Waals surface area contributed by atoms with Gasteiger partial charge in [-0.2, -0.15) is 4.31 Å². The molecule has 0 bridgehead atoms. The van der Waals surface area contributed by atoms with Crippen LogP contribution in [-0.2, 0) is 19.5 Å². The van der Waals surface area contributed by atoms with Crippen molar-refractivity contribution < 1.29 is 45.0 Å². The highest BCUT2D eigenvalue weighted by Gasteiger charge is 2.45. The molecule has 2 saturated heterocycles. The molecule has 14 heteroatoms. The number of alkyl halides is 3. The number of hydrogen-bond acceptors (Lipinski definition) is 6. The Hall–Kier alpha value is -2.94. The SMILES string of the molecule is O=C(Nc1ccc(OC(F)(F)F)cc1)N1CCCOC2(C1)CN(S(=O)(=O)c1ccccc1F)CCO2. The zero-order valence-electron chi connectivity index (χ0n) is 18.8. The number of urea groups is 1.